The van der Waals surface area contributed by atoms with Crippen LogP contribution in [0.4, 0.5) is 4.39 Å². The average molecular weight is 544 g/mol. The van der Waals surface area contributed by atoms with Gasteiger partial charge in [0.05, 0.1) is 7.11 Å². The Hall–Kier alpha value is -3.67. The summed E-state index contributed by atoms with van der Waals surface area (Å²) in [4.78, 5) is 27.4. The van der Waals surface area contributed by atoms with E-state index in [0.29, 0.717) is 47.5 Å². The molecule has 0 unspecified atom stereocenters. The second-order valence-electron chi connectivity index (χ2n) is 12.8. The van der Waals surface area contributed by atoms with Gasteiger partial charge in [-0.05, 0) is 47.8 Å². The number of ketones is 2. The first kappa shape index (κ1) is 27.9. The standard InChI is InChI=1S/C34H38FNO4/c1-7-10-20-13-22(14-28(39-6)32(20)40-19-21-11-8-9-12-23(21)35)29-30-24(15-33(2,3)17-26(30)37)36-25-16-34(4,5)18-27(38)31(25)29/h7-9,11-14,29,36H,1,10,15-19H2,2-6H3. The van der Waals surface area contributed by atoms with Crippen LogP contribution in [0.5, 0.6) is 11.5 Å². The van der Waals surface area contributed by atoms with Crippen molar-refractivity contribution < 1.29 is 23.5 Å². The highest BCUT2D eigenvalue weighted by atomic mass is 19.1. The highest BCUT2D eigenvalue weighted by molar-refractivity contribution is 6.06. The van der Waals surface area contributed by atoms with Crippen LogP contribution < -0.4 is 14.8 Å². The number of carbonyl (C=O) groups excluding carboxylic acids is 2. The molecule has 0 fully saturated rings. The van der Waals surface area contributed by atoms with Crippen molar-refractivity contribution in [3.8, 4) is 11.5 Å². The number of halogens is 1. The molecule has 5 rings (SSSR count). The Morgan fingerprint density at radius 3 is 2.10 bits per heavy atom. The van der Waals surface area contributed by atoms with Gasteiger partial charge in [0.1, 0.15) is 12.4 Å². The van der Waals surface area contributed by atoms with E-state index in [1.54, 1.807) is 31.4 Å². The number of dihydropyridines is 1. The maximum absolute atomic E-state index is 14.3. The quantitative estimate of drug-likeness (QED) is 0.377. The Morgan fingerprint density at radius 2 is 1.55 bits per heavy atom. The van der Waals surface area contributed by atoms with Gasteiger partial charge < -0.3 is 14.8 Å². The molecule has 0 radical (unpaired) electrons. The Kier molecular flexibility index (Phi) is 7.24. The molecular formula is C34H38FNO4. The Morgan fingerprint density at radius 1 is 0.950 bits per heavy atom. The number of Topliss-reactive ketones (excluding diaryl/α,β-unsaturated/α-hetero) is 2. The number of carbonyl (C=O) groups is 2. The molecule has 5 nitrogen and oxygen atoms in total. The summed E-state index contributed by atoms with van der Waals surface area (Å²) < 4.78 is 26.3. The van der Waals surface area contributed by atoms with Gasteiger partial charge in [0.25, 0.3) is 0 Å². The largest absolute Gasteiger partial charge is 0.493 e. The van der Waals surface area contributed by atoms with Gasteiger partial charge in [-0.15, -0.1) is 6.58 Å². The highest BCUT2D eigenvalue weighted by Gasteiger charge is 2.46. The van der Waals surface area contributed by atoms with Crippen LogP contribution in [0.25, 0.3) is 0 Å². The predicted molar refractivity (Wildman–Crippen MR) is 154 cm³/mol. The van der Waals surface area contributed by atoms with Crippen LogP contribution in [-0.2, 0) is 22.6 Å². The molecule has 6 heteroatoms. The fourth-order valence-electron chi connectivity index (χ4n) is 6.46. The molecule has 2 aromatic carbocycles. The van der Waals surface area contributed by atoms with E-state index < -0.39 is 5.92 Å². The molecular weight excluding hydrogens is 505 g/mol. The molecule has 1 heterocycles. The first-order valence-electron chi connectivity index (χ1n) is 13.9. The van der Waals surface area contributed by atoms with Gasteiger partial charge in [0, 0.05) is 52.4 Å². The molecule has 0 bridgehead atoms. The normalized spacial score (nSPS) is 20.1. The molecule has 2 aromatic rings. The molecule has 3 aliphatic rings. The molecule has 0 saturated heterocycles. The molecule has 40 heavy (non-hydrogen) atoms. The molecule has 1 aliphatic heterocycles. The summed E-state index contributed by atoms with van der Waals surface area (Å²) in [6.45, 7) is 12.4. The molecule has 210 valence electrons. The number of hydrogen-bond acceptors (Lipinski definition) is 5. The van der Waals surface area contributed by atoms with Gasteiger partial charge in [0.2, 0.25) is 0 Å². The van der Waals surface area contributed by atoms with Crippen molar-refractivity contribution >= 4 is 11.6 Å². The highest BCUT2D eigenvalue weighted by Crippen LogP contribution is 2.52. The topological polar surface area (TPSA) is 64.6 Å². The number of ether oxygens (including phenoxy) is 2. The number of methoxy groups -OCH3 is 1. The van der Waals surface area contributed by atoms with Crippen LogP contribution in [0.2, 0.25) is 0 Å². The van der Waals surface area contributed by atoms with E-state index in [4.69, 9.17) is 9.47 Å². The third-order valence-corrected chi connectivity index (χ3v) is 8.12. The van der Waals surface area contributed by atoms with Crippen molar-refractivity contribution in [2.24, 2.45) is 10.8 Å². The fraction of sp³-hybridized carbons (Fsp3) is 0.412. The van der Waals surface area contributed by atoms with Crippen molar-refractivity contribution in [1.29, 1.82) is 0 Å². The number of hydrogen-bond donors (Lipinski definition) is 1. The third kappa shape index (κ3) is 5.24. The van der Waals surface area contributed by atoms with E-state index in [-0.39, 0.29) is 34.8 Å². The van der Waals surface area contributed by atoms with E-state index in [0.717, 1.165) is 35.4 Å². The lowest BCUT2D eigenvalue weighted by Crippen LogP contribution is -2.42. The van der Waals surface area contributed by atoms with Crippen LogP contribution in [0.1, 0.15) is 76.0 Å². The van der Waals surface area contributed by atoms with Crippen LogP contribution >= 0.6 is 0 Å². The summed E-state index contributed by atoms with van der Waals surface area (Å²) in [6, 6.07) is 10.4. The maximum atomic E-state index is 14.3. The van der Waals surface area contributed by atoms with Crippen molar-refractivity contribution in [2.45, 2.75) is 72.3 Å². The van der Waals surface area contributed by atoms with Crippen molar-refractivity contribution in [3.63, 3.8) is 0 Å². The van der Waals surface area contributed by atoms with Gasteiger partial charge in [0.15, 0.2) is 23.1 Å². The number of benzene rings is 2. The van der Waals surface area contributed by atoms with Gasteiger partial charge >= 0.3 is 0 Å². The Labute approximate surface area is 236 Å². The number of allylic oxidation sites excluding steroid dienone is 5. The van der Waals surface area contributed by atoms with Crippen molar-refractivity contribution in [2.75, 3.05) is 7.11 Å². The van der Waals surface area contributed by atoms with Gasteiger partial charge in [-0.3, -0.25) is 9.59 Å². The van der Waals surface area contributed by atoms with Crippen LogP contribution in [0.15, 0.2) is 71.6 Å². The number of rotatable bonds is 7. The zero-order valence-electron chi connectivity index (χ0n) is 24.1. The summed E-state index contributed by atoms with van der Waals surface area (Å²) in [5.41, 5.74) is 4.90. The summed E-state index contributed by atoms with van der Waals surface area (Å²) in [5.74, 6) is 0.278. The molecule has 0 aromatic heterocycles. The van der Waals surface area contributed by atoms with Crippen LogP contribution in [0, 0.1) is 16.6 Å². The summed E-state index contributed by atoms with van der Waals surface area (Å²) >= 11 is 0. The zero-order valence-corrected chi connectivity index (χ0v) is 24.1. The minimum absolute atomic E-state index is 0.0333. The van der Waals surface area contributed by atoms with E-state index in [2.05, 4.69) is 39.6 Å². The Balaban J connectivity index is 1.65. The minimum Gasteiger partial charge on any atom is -0.493 e. The average Bonchev–Trinajstić information content (AvgIpc) is 2.85. The summed E-state index contributed by atoms with van der Waals surface area (Å²) in [6.07, 6.45) is 4.56. The van der Waals surface area contributed by atoms with E-state index >= 15 is 0 Å². The Bertz CT molecular complexity index is 1410. The third-order valence-electron chi connectivity index (χ3n) is 8.12. The molecule has 0 saturated carbocycles. The van der Waals surface area contributed by atoms with Crippen molar-refractivity contribution in [1.82, 2.24) is 5.32 Å². The van der Waals surface area contributed by atoms with Gasteiger partial charge in [-0.25, -0.2) is 4.39 Å². The lowest BCUT2D eigenvalue weighted by Gasteiger charge is -2.44. The summed E-state index contributed by atoms with van der Waals surface area (Å²) in [7, 11) is 1.56. The minimum atomic E-state index is -0.489. The van der Waals surface area contributed by atoms with Gasteiger partial charge in [-0.2, -0.15) is 0 Å². The fourth-order valence-corrected chi connectivity index (χ4v) is 6.46. The lowest BCUT2D eigenvalue weighted by molar-refractivity contribution is -0.119. The first-order chi connectivity index (χ1) is 18.9. The molecule has 0 amide bonds. The maximum Gasteiger partial charge on any atom is 0.165 e. The van der Waals surface area contributed by atoms with Crippen molar-refractivity contribution in [3.05, 3.63) is 94.1 Å². The zero-order chi connectivity index (χ0) is 28.8. The molecule has 0 atom stereocenters. The first-order valence-corrected chi connectivity index (χ1v) is 13.9. The van der Waals surface area contributed by atoms with Crippen LogP contribution in [-0.4, -0.2) is 18.7 Å². The van der Waals surface area contributed by atoms with Crippen LogP contribution in [0.3, 0.4) is 0 Å². The number of nitrogens with one attached hydrogen (secondary N) is 1. The second-order valence-corrected chi connectivity index (χ2v) is 12.8. The SMILES string of the molecule is C=CCc1cc(C2C3=C(CC(C)(C)CC3=O)NC3=C2C(=O)CC(C)(C)C3)cc(OC)c1OCc1ccccc1F. The monoisotopic (exact) mass is 543 g/mol. The van der Waals surface area contributed by atoms with E-state index in [9.17, 15) is 14.0 Å². The summed E-state index contributed by atoms with van der Waals surface area (Å²) in [5, 5.41) is 3.56. The molecule has 2 aliphatic carbocycles. The van der Waals surface area contributed by atoms with E-state index in [1.807, 2.05) is 12.1 Å². The lowest BCUT2D eigenvalue weighted by atomic mass is 9.64. The second kappa shape index (κ2) is 10.4. The van der Waals surface area contributed by atoms with Gasteiger partial charge in [-0.1, -0.05) is 58.0 Å². The predicted octanol–water partition coefficient (Wildman–Crippen LogP) is 7.12. The molecule has 1 N–H and O–H groups in total. The van der Waals surface area contributed by atoms with E-state index in [1.165, 1.54) is 6.07 Å². The molecule has 0 spiro atoms. The smallest absolute Gasteiger partial charge is 0.165 e.